The first-order chi connectivity index (χ1) is 16.7. The number of nitrogens with one attached hydrogen (secondary N) is 1. The van der Waals surface area contributed by atoms with Gasteiger partial charge in [-0.15, -0.1) is 0 Å². The fourth-order valence-corrected chi connectivity index (χ4v) is 3.58. The molecule has 0 atom stereocenters. The van der Waals surface area contributed by atoms with Crippen molar-refractivity contribution >= 4 is 47.2 Å². The van der Waals surface area contributed by atoms with Crippen molar-refractivity contribution in [3.05, 3.63) is 99.6 Å². The lowest BCUT2D eigenvalue weighted by atomic mass is 10.1. The standard InChI is InChI=1S/C26H19ClN2O6/c1-15-6-11-19(13-21(15)27)29-24(31)20(23(30)28-26(29)34)12-18-4-2-3-5-22(18)35-14-16-7-9-17(10-8-16)25(32)33/h2-13H,14H2,1H3,(H,32,33)(H,28,30,34)/b20-12+. The van der Waals surface area contributed by atoms with Gasteiger partial charge in [0.2, 0.25) is 0 Å². The van der Waals surface area contributed by atoms with Gasteiger partial charge >= 0.3 is 12.0 Å². The largest absolute Gasteiger partial charge is 0.488 e. The van der Waals surface area contributed by atoms with Gasteiger partial charge in [-0.1, -0.05) is 48.0 Å². The molecule has 2 N–H and O–H groups in total. The smallest absolute Gasteiger partial charge is 0.335 e. The number of benzene rings is 3. The molecule has 0 bridgehead atoms. The summed E-state index contributed by atoms with van der Waals surface area (Å²) >= 11 is 6.16. The molecule has 0 aromatic heterocycles. The number of para-hydroxylation sites is 1. The first-order valence-corrected chi connectivity index (χ1v) is 10.8. The fraction of sp³-hybridized carbons (Fsp3) is 0.0769. The van der Waals surface area contributed by atoms with E-state index in [1.54, 1.807) is 55.5 Å². The van der Waals surface area contributed by atoms with Crippen LogP contribution in [0.25, 0.3) is 6.08 Å². The van der Waals surface area contributed by atoms with E-state index >= 15 is 0 Å². The van der Waals surface area contributed by atoms with Crippen molar-refractivity contribution in [1.29, 1.82) is 0 Å². The summed E-state index contributed by atoms with van der Waals surface area (Å²) in [5.41, 5.74) is 2.10. The van der Waals surface area contributed by atoms with Crippen molar-refractivity contribution in [3.8, 4) is 5.75 Å². The van der Waals surface area contributed by atoms with E-state index in [2.05, 4.69) is 5.32 Å². The van der Waals surface area contributed by atoms with Crippen molar-refractivity contribution in [3.63, 3.8) is 0 Å². The number of carboxylic acid groups (broad SMARTS) is 1. The van der Waals surface area contributed by atoms with Gasteiger partial charge in [0, 0.05) is 10.6 Å². The molecule has 8 nitrogen and oxygen atoms in total. The molecule has 1 saturated heterocycles. The molecule has 4 amide bonds. The van der Waals surface area contributed by atoms with Crippen LogP contribution in [0.15, 0.2) is 72.3 Å². The highest BCUT2D eigenvalue weighted by Gasteiger charge is 2.37. The summed E-state index contributed by atoms with van der Waals surface area (Å²) in [7, 11) is 0. The summed E-state index contributed by atoms with van der Waals surface area (Å²) in [4.78, 5) is 50.0. The van der Waals surface area contributed by atoms with Gasteiger partial charge in [0.15, 0.2) is 0 Å². The van der Waals surface area contributed by atoms with Crippen LogP contribution in [-0.4, -0.2) is 28.9 Å². The monoisotopic (exact) mass is 490 g/mol. The van der Waals surface area contributed by atoms with Gasteiger partial charge in [0.05, 0.1) is 11.3 Å². The maximum atomic E-state index is 13.2. The maximum absolute atomic E-state index is 13.2. The number of aromatic carboxylic acids is 1. The van der Waals surface area contributed by atoms with Gasteiger partial charge in [0.1, 0.15) is 17.9 Å². The number of nitrogens with zero attached hydrogens (tertiary/aromatic N) is 1. The molecular formula is C26H19ClN2O6. The number of hydrogen-bond acceptors (Lipinski definition) is 5. The van der Waals surface area contributed by atoms with Crippen LogP contribution < -0.4 is 15.0 Å². The van der Waals surface area contributed by atoms with E-state index in [9.17, 15) is 19.2 Å². The van der Waals surface area contributed by atoms with E-state index in [4.69, 9.17) is 21.4 Å². The highest BCUT2D eigenvalue weighted by atomic mass is 35.5. The second-order valence-electron chi connectivity index (χ2n) is 7.72. The first-order valence-electron chi connectivity index (χ1n) is 10.5. The van der Waals surface area contributed by atoms with Crippen molar-refractivity contribution in [2.75, 3.05) is 4.90 Å². The molecule has 0 radical (unpaired) electrons. The van der Waals surface area contributed by atoms with Crippen LogP contribution >= 0.6 is 11.6 Å². The number of halogens is 1. The molecule has 1 heterocycles. The second-order valence-corrected chi connectivity index (χ2v) is 8.13. The first kappa shape index (κ1) is 23.7. The number of carboxylic acids is 1. The normalized spacial score (nSPS) is 14.7. The van der Waals surface area contributed by atoms with Gasteiger partial charge in [-0.05, 0) is 54.5 Å². The summed E-state index contributed by atoms with van der Waals surface area (Å²) in [5, 5.41) is 11.6. The fourth-order valence-electron chi connectivity index (χ4n) is 3.40. The maximum Gasteiger partial charge on any atom is 0.335 e. The number of rotatable bonds is 6. The molecular weight excluding hydrogens is 472 g/mol. The van der Waals surface area contributed by atoms with Crippen LogP contribution in [-0.2, 0) is 16.2 Å². The molecule has 4 rings (SSSR count). The van der Waals surface area contributed by atoms with Crippen molar-refractivity contribution in [2.24, 2.45) is 0 Å². The molecule has 1 aliphatic heterocycles. The topological polar surface area (TPSA) is 113 Å². The number of carbonyl (C=O) groups is 4. The molecule has 176 valence electrons. The van der Waals surface area contributed by atoms with Crippen LogP contribution in [0.3, 0.4) is 0 Å². The molecule has 3 aromatic rings. The number of ether oxygens (including phenoxy) is 1. The van der Waals surface area contributed by atoms with Crippen LogP contribution in [0.2, 0.25) is 5.02 Å². The highest BCUT2D eigenvalue weighted by molar-refractivity contribution is 6.39. The minimum atomic E-state index is -1.02. The Hall–Kier alpha value is -4.43. The second kappa shape index (κ2) is 9.82. The van der Waals surface area contributed by atoms with Gasteiger partial charge < -0.3 is 9.84 Å². The van der Waals surface area contributed by atoms with E-state index in [1.165, 1.54) is 24.3 Å². The molecule has 35 heavy (non-hydrogen) atoms. The summed E-state index contributed by atoms with van der Waals surface area (Å²) in [5.74, 6) is -2.25. The molecule has 1 fully saturated rings. The number of urea groups is 1. The van der Waals surface area contributed by atoms with Crippen LogP contribution in [0.1, 0.15) is 27.0 Å². The molecule has 0 spiro atoms. The van der Waals surface area contributed by atoms with E-state index in [1.807, 2.05) is 0 Å². The van der Waals surface area contributed by atoms with E-state index in [-0.39, 0.29) is 23.4 Å². The molecule has 0 unspecified atom stereocenters. The Morgan fingerprint density at radius 1 is 1.06 bits per heavy atom. The molecule has 0 aliphatic carbocycles. The quantitative estimate of drug-likeness (QED) is 0.386. The predicted octanol–water partition coefficient (Wildman–Crippen LogP) is 4.59. The zero-order valence-corrected chi connectivity index (χ0v) is 19.2. The number of aryl methyl sites for hydroxylation is 1. The van der Waals surface area contributed by atoms with E-state index < -0.39 is 23.8 Å². The SMILES string of the molecule is Cc1ccc(N2C(=O)NC(=O)/C(=C\c3ccccc3OCc3ccc(C(=O)O)cc3)C2=O)cc1Cl. The van der Waals surface area contributed by atoms with E-state index in [0.717, 1.165) is 16.0 Å². The number of amides is 4. The average molecular weight is 491 g/mol. The number of imide groups is 2. The molecule has 9 heteroatoms. The third kappa shape index (κ3) is 5.07. The van der Waals surface area contributed by atoms with Crippen LogP contribution in [0.5, 0.6) is 5.75 Å². The summed E-state index contributed by atoms with van der Waals surface area (Å²) in [6.07, 6.45) is 1.36. The van der Waals surface area contributed by atoms with Crippen molar-refractivity contribution in [2.45, 2.75) is 13.5 Å². The lowest BCUT2D eigenvalue weighted by Crippen LogP contribution is -2.54. The van der Waals surface area contributed by atoms with Gasteiger partial charge in [-0.25, -0.2) is 14.5 Å². The van der Waals surface area contributed by atoms with Gasteiger partial charge in [0.25, 0.3) is 11.8 Å². The van der Waals surface area contributed by atoms with Crippen LogP contribution in [0, 0.1) is 6.92 Å². The lowest BCUT2D eigenvalue weighted by Gasteiger charge is -2.26. The van der Waals surface area contributed by atoms with E-state index in [0.29, 0.717) is 16.3 Å². The Morgan fingerprint density at radius 2 is 1.77 bits per heavy atom. The van der Waals surface area contributed by atoms with Gasteiger partial charge in [-0.3, -0.25) is 14.9 Å². The number of carbonyl (C=O) groups excluding carboxylic acids is 3. The average Bonchev–Trinajstić information content (AvgIpc) is 2.83. The Balaban J connectivity index is 1.61. The lowest BCUT2D eigenvalue weighted by molar-refractivity contribution is -0.122. The molecule has 1 aliphatic rings. The number of barbiturate groups is 1. The number of anilines is 1. The predicted molar refractivity (Wildman–Crippen MR) is 129 cm³/mol. The zero-order valence-electron chi connectivity index (χ0n) is 18.4. The Bertz CT molecular complexity index is 1380. The molecule has 0 saturated carbocycles. The molecule has 3 aromatic carbocycles. The highest BCUT2D eigenvalue weighted by Crippen LogP contribution is 2.28. The van der Waals surface area contributed by atoms with Crippen molar-refractivity contribution in [1.82, 2.24) is 5.32 Å². The summed E-state index contributed by atoms with van der Waals surface area (Å²) in [6.45, 7) is 1.92. The minimum Gasteiger partial charge on any atom is -0.488 e. The van der Waals surface area contributed by atoms with Gasteiger partial charge in [-0.2, -0.15) is 0 Å². The Kier molecular flexibility index (Phi) is 6.66. The Labute approximate surface area is 205 Å². The Morgan fingerprint density at radius 3 is 2.46 bits per heavy atom. The third-order valence-corrected chi connectivity index (χ3v) is 5.74. The van der Waals surface area contributed by atoms with Crippen molar-refractivity contribution < 1.29 is 29.0 Å². The summed E-state index contributed by atoms with van der Waals surface area (Å²) in [6, 6.07) is 16.9. The number of hydrogen-bond donors (Lipinski definition) is 2. The third-order valence-electron chi connectivity index (χ3n) is 5.33. The van der Waals surface area contributed by atoms with Crippen LogP contribution in [0.4, 0.5) is 10.5 Å². The minimum absolute atomic E-state index is 0.132. The summed E-state index contributed by atoms with van der Waals surface area (Å²) < 4.78 is 5.86. The zero-order chi connectivity index (χ0) is 25.1.